The van der Waals surface area contributed by atoms with Crippen LogP contribution in [0.4, 0.5) is 0 Å². The van der Waals surface area contributed by atoms with Crippen molar-refractivity contribution in [3.05, 3.63) is 88.9 Å². The molecule has 4 rings (SSSR count). The molecule has 1 heterocycles. The number of aliphatic hydroxyl groups is 1. The smallest absolute Gasteiger partial charge is 0.107 e. The van der Waals surface area contributed by atoms with Gasteiger partial charge in [0, 0.05) is 16.0 Å². The maximum atomic E-state index is 10.3. The lowest BCUT2D eigenvalue weighted by atomic mass is 9.88. The summed E-state index contributed by atoms with van der Waals surface area (Å²) >= 11 is 6.18. The molecule has 0 aliphatic heterocycles. The molecular weight excluding hydrogens is 418 g/mol. The van der Waals surface area contributed by atoms with Crippen molar-refractivity contribution in [3.63, 3.8) is 0 Å². The van der Waals surface area contributed by atoms with E-state index in [4.69, 9.17) is 21.3 Å². The second kappa shape index (κ2) is 9.03. The quantitative estimate of drug-likeness (QED) is 0.348. The molecule has 0 aliphatic carbocycles. The highest BCUT2D eigenvalue weighted by atomic mass is 35.5. The number of fused-ring (bicyclic) bond motifs is 1. The van der Waals surface area contributed by atoms with E-state index >= 15 is 0 Å². The summed E-state index contributed by atoms with van der Waals surface area (Å²) in [6.07, 6.45) is -0.459. The topological polar surface area (TPSA) is 42.4 Å². The molecule has 0 saturated heterocycles. The molecule has 3 nitrogen and oxygen atoms in total. The Kier molecular flexibility index (Phi) is 6.34. The molecule has 0 amide bonds. The molecule has 3 aromatic carbocycles. The molecule has 0 fully saturated rings. The minimum atomic E-state index is -0.459. The summed E-state index contributed by atoms with van der Waals surface area (Å²) < 4.78 is 6.29. The van der Waals surface area contributed by atoms with Gasteiger partial charge in [-0.3, -0.25) is 0 Å². The Hall–Kier alpha value is -2.72. The van der Waals surface area contributed by atoms with Crippen LogP contribution in [0.15, 0.2) is 72.8 Å². The van der Waals surface area contributed by atoms with Crippen LogP contribution in [0.2, 0.25) is 5.02 Å². The molecule has 0 saturated carbocycles. The Morgan fingerprint density at radius 2 is 1.62 bits per heavy atom. The molecule has 0 aliphatic rings. The molecule has 0 bridgehead atoms. The second-order valence-corrected chi connectivity index (χ2v) is 9.46. The van der Waals surface area contributed by atoms with E-state index < -0.39 is 11.7 Å². The van der Waals surface area contributed by atoms with Crippen molar-refractivity contribution in [2.75, 3.05) is 6.61 Å². The standard InChI is InChI=1S/C28H28ClNO2/c1-18-16-24-22(14-15-23(30-24)19-8-6-5-7-9-19)27(20-10-12-21(29)13-11-20)26(18)25(17-31)32-28(2,3)4/h5-16,25,31H,17H2,1-4H3/t25-/m1/s1. The number of ether oxygens (including phenoxy) is 1. The molecule has 4 heteroatoms. The Balaban J connectivity index is 1.99. The summed E-state index contributed by atoms with van der Waals surface area (Å²) in [5.41, 5.74) is 6.56. The monoisotopic (exact) mass is 445 g/mol. The van der Waals surface area contributed by atoms with Crippen molar-refractivity contribution < 1.29 is 9.84 Å². The molecule has 32 heavy (non-hydrogen) atoms. The SMILES string of the molecule is Cc1cc2nc(-c3ccccc3)ccc2c(-c2ccc(Cl)cc2)c1[C@@H](CO)OC(C)(C)C. The van der Waals surface area contributed by atoms with Gasteiger partial charge in [-0.1, -0.05) is 60.1 Å². The van der Waals surface area contributed by atoms with E-state index in [1.165, 1.54) is 0 Å². The van der Waals surface area contributed by atoms with E-state index in [-0.39, 0.29) is 6.61 Å². The minimum Gasteiger partial charge on any atom is -0.393 e. The van der Waals surface area contributed by atoms with E-state index in [9.17, 15) is 5.11 Å². The molecule has 0 spiro atoms. The van der Waals surface area contributed by atoms with E-state index in [1.54, 1.807) is 0 Å². The van der Waals surface area contributed by atoms with Gasteiger partial charge in [0.15, 0.2) is 0 Å². The largest absolute Gasteiger partial charge is 0.393 e. The fraction of sp³-hybridized carbons (Fsp3) is 0.250. The first-order valence-electron chi connectivity index (χ1n) is 10.8. The number of benzene rings is 3. The molecule has 0 unspecified atom stereocenters. The lowest BCUT2D eigenvalue weighted by molar-refractivity contribution is -0.0821. The van der Waals surface area contributed by atoms with Gasteiger partial charge >= 0.3 is 0 Å². The average Bonchev–Trinajstić information content (AvgIpc) is 2.77. The van der Waals surface area contributed by atoms with Gasteiger partial charge in [-0.05, 0) is 74.2 Å². The molecule has 0 radical (unpaired) electrons. The summed E-state index contributed by atoms with van der Waals surface area (Å²) in [6, 6.07) is 24.2. The predicted molar refractivity (Wildman–Crippen MR) is 133 cm³/mol. The van der Waals surface area contributed by atoms with Crippen molar-refractivity contribution in [1.29, 1.82) is 0 Å². The highest BCUT2D eigenvalue weighted by molar-refractivity contribution is 6.30. The molecule has 1 N–H and O–H groups in total. The van der Waals surface area contributed by atoms with Crippen LogP contribution in [0, 0.1) is 6.92 Å². The summed E-state index contributed by atoms with van der Waals surface area (Å²) in [7, 11) is 0. The van der Waals surface area contributed by atoms with Gasteiger partial charge in [-0.25, -0.2) is 4.98 Å². The Morgan fingerprint density at radius 3 is 2.25 bits per heavy atom. The second-order valence-electron chi connectivity index (χ2n) is 9.02. The zero-order valence-corrected chi connectivity index (χ0v) is 19.6. The van der Waals surface area contributed by atoms with Crippen LogP contribution in [-0.2, 0) is 4.74 Å². The number of nitrogens with zero attached hydrogens (tertiary/aromatic N) is 1. The highest BCUT2D eigenvalue weighted by Crippen LogP contribution is 2.40. The molecule has 164 valence electrons. The zero-order valence-electron chi connectivity index (χ0n) is 18.9. The van der Waals surface area contributed by atoms with Gasteiger partial charge in [0.2, 0.25) is 0 Å². The lowest BCUT2D eigenvalue weighted by Crippen LogP contribution is -2.25. The lowest BCUT2D eigenvalue weighted by Gasteiger charge is -2.30. The fourth-order valence-corrected chi connectivity index (χ4v) is 4.27. The van der Waals surface area contributed by atoms with Gasteiger partial charge in [0.25, 0.3) is 0 Å². The van der Waals surface area contributed by atoms with E-state index in [2.05, 4.69) is 37.3 Å². The van der Waals surface area contributed by atoms with Crippen LogP contribution < -0.4 is 0 Å². The number of aryl methyl sites for hydroxylation is 1. The van der Waals surface area contributed by atoms with Crippen LogP contribution >= 0.6 is 11.6 Å². The van der Waals surface area contributed by atoms with Crippen molar-refractivity contribution in [2.45, 2.75) is 39.4 Å². The van der Waals surface area contributed by atoms with Crippen LogP contribution in [0.1, 0.15) is 38.0 Å². The first-order valence-corrected chi connectivity index (χ1v) is 11.2. The highest BCUT2D eigenvalue weighted by Gasteiger charge is 2.26. The number of pyridine rings is 1. The van der Waals surface area contributed by atoms with Crippen molar-refractivity contribution >= 4 is 22.5 Å². The first-order chi connectivity index (χ1) is 15.3. The summed E-state index contributed by atoms with van der Waals surface area (Å²) in [6.45, 7) is 7.95. The third-order valence-electron chi connectivity index (χ3n) is 5.43. The number of halogens is 1. The summed E-state index contributed by atoms with van der Waals surface area (Å²) in [4.78, 5) is 4.98. The Bertz CT molecular complexity index is 1230. The Labute approximate surface area is 194 Å². The minimum absolute atomic E-state index is 0.111. The summed E-state index contributed by atoms with van der Waals surface area (Å²) in [5, 5.41) is 12.0. The maximum Gasteiger partial charge on any atom is 0.107 e. The third-order valence-corrected chi connectivity index (χ3v) is 5.68. The summed E-state index contributed by atoms with van der Waals surface area (Å²) in [5.74, 6) is 0. The normalized spacial score (nSPS) is 12.8. The number of rotatable bonds is 5. The Morgan fingerprint density at radius 1 is 0.938 bits per heavy atom. The van der Waals surface area contributed by atoms with Crippen LogP contribution in [-0.4, -0.2) is 22.3 Å². The van der Waals surface area contributed by atoms with Crippen LogP contribution in [0.5, 0.6) is 0 Å². The van der Waals surface area contributed by atoms with Crippen molar-refractivity contribution in [3.8, 4) is 22.4 Å². The first kappa shape index (κ1) is 22.5. The van der Waals surface area contributed by atoms with Crippen LogP contribution in [0.3, 0.4) is 0 Å². The van der Waals surface area contributed by atoms with Crippen molar-refractivity contribution in [1.82, 2.24) is 4.98 Å². The van der Waals surface area contributed by atoms with Gasteiger partial charge in [-0.15, -0.1) is 0 Å². The number of aliphatic hydroxyl groups excluding tert-OH is 1. The van der Waals surface area contributed by atoms with E-state index in [0.29, 0.717) is 5.02 Å². The van der Waals surface area contributed by atoms with E-state index in [0.717, 1.165) is 44.4 Å². The number of hydrogen-bond donors (Lipinski definition) is 1. The molecule has 1 atom stereocenters. The maximum absolute atomic E-state index is 10.3. The van der Waals surface area contributed by atoms with Crippen LogP contribution in [0.25, 0.3) is 33.3 Å². The molecular formula is C28H28ClNO2. The van der Waals surface area contributed by atoms with Gasteiger partial charge < -0.3 is 9.84 Å². The fourth-order valence-electron chi connectivity index (χ4n) is 4.15. The number of aromatic nitrogens is 1. The molecule has 1 aromatic heterocycles. The van der Waals surface area contributed by atoms with E-state index in [1.807, 2.05) is 63.2 Å². The molecule has 4 aromatic rings. The predicted octanol–water partition coefficient (Wildman–Crippen LogP) is 7.38. The third kappa shape index (κ3) is 4.71. The van der Waals surface area contributed by atoms with Gasteiger partial charge in [0.05, 0.1) is 23.4 Å². The zero-order chi connectivity index (χ0) is 22.9. The van der Waals surface area contributed by atoms with Gasteiger partial charge in [-0.2, -0.15) is 0 Å². The van der Waals surface area contributed by atoms with Crippen molar-refractivity contribution in [2.24, 2.45) is 0 Å². The average molecular weight is 446 g/mol. The van der Waals surface area contributed by atoms with Gasteiger partial charge in [0.1, 0.15) is 6.10 Å². The number of hydrogen-bond acceptors (Lipinski definition) is 3.